The quantitative estimate of drug-likeness (QED) is 0.767. The third-order valence-corrected chi connectivity index (χ3v) is 10.5. The number of nitrogens with one attached hydrogen (secondary N) is 1. The van der Waals surface area contributed by atoms with Gasteiger partial charge in [0, 0.05) is 34.9 Å². The summed E-state index contributed by atoms with van der Waals surface area (Å²) in [7, 11) is -3.82. The summed E-state index contributed by atoms with van der Waals surface area (Å²) in [4.78, 5) is 25.3. The molecule has 2 aromatic carbocycles. The van der Waals surface area contributed by atoms with Crippen LogP contribution >= 0.6 is 0 Å². The van der Waals surface area contributed by atoms with Crippen molar-refractivity contribution in [2.24, 2.45) is 0 Å². The van der Waals surface area contributed by atoms with E-state index in [1.54, 1.807) is 6.07 Å². The van der Waals surface area contributed by atoms with E-state index in [2.05, 4.69) is 4.72 Å². The highest BCUT2D eigenvalue weighted by molar-refractivity contribution is 7.98. The summed E-state index contributed by atoms with van der Waals surface area (Å²) >= 11 is 0. The summed E-state index contributed by atoms with van der Waals surface area (Å²) in [6, 6.07) is 13.0. The van der Waals surface area contributed by atoms with E-state index < -0.39 is 15.9 Å². The fraction of sp³-hybridized carbons (Fsp3) is 0.333. The number of aryl methyl sites for hydroxylation is 1. The minimum absolute atomic E-state index is 0.0215. The molecule has 3 unspecified atom stereocenters. The van der Waals surface area contributed by atoms with Gasteiger partial charge in [-0.05, 0) is 30.5 Å². The molecule has 0 bridgehead atoms. The van der Waals surface area contributed by atoms with Crippen molar-refractivity contribution in [2.45, 2.75) is 41.1 Å². The first-order chi connectivity index (χ1) is 13.5. The molecule has 7 heteroatoms. The van der Waals surface area contributed by atoms with Crippen LogP contribution in [0.15, 0.2) is 47.4 Å². The molecule has 0 aromatic heterocycles. The van der Waals surface area contributed by atoms with Gasteiger partial charge in [0.05, 0.1) is 5.56 Å². The van der Waals surface area contributed by atoms with Gasteiger partial charge in [-0.15, -0.1) is 0 Å². The Morgan fingerprint density at radius 2 is 1.79 bits per heavy atom. The van der Waals surface area contributed by atoms with Crippen molar-refractivity contribution in [2.75, 3.05) is 5.75 Å². The molecule has 2 aromatic rings. The number of rotatable bonds is 2. The van der Waals surface area contributed by atoms with Crippen molar-refractivity contribution >= 4 is 32.6 Å². The van der Waals surface area contributed by atoms with Crippen LogP contribution in [0.2, 0.25) is 0 Å². The van der Waals surface area contributed by atoms with E-state index in [1.165, 1.54) is 6.07 Å². The Morgan fingerprint density at radius 3 is 2.64 bits per heavy atom. The van der Waals surface area contributed by atoms with E-state index in [1.807, 2.05) is 30.3 Å². The predicted octanol–water partition coefficient (Wildman–Crippen LogP) is 2.77. The Hall–Kier alpha value is -2.12. The van der Waals surface area contributed by atoms with Gasteiger partial charge in [-0.1, -0.05) is 30.3 Å². The van der Waals surface area contributed by atoms with Gasteiger partial charge in [0.2, 0.25) is 5.78 Å². The molecule has 1 fully saturated rings. The summed E-state index contributed by atoms with van der Waals surface area (Å²) in [5.74, 6) is 0.709. The number of Topliss-reactive ketones (excluding diaryl/α,β-unsaturated/α-hetero) is 1. The van der Waals surface area contributed by atoms with Gasteiger partial charge in [-0.3, -0.25) is 9.59 Å². The Labute approximate surface area is 166 Å². The average Bonchev–Trinajstić information content (AvgIpc) is 3.25. The maximum absolute atomic E-state index is 13.2. The van der Waals surface area contributed by atoms with Gasteiger partial charge in [0.1, 0.15) is 15.9 Å². The topological polar surface area (TPSA) is 80.3 Å². The van der Waals surface area contributed by atoms with Crippen molar-refractivity contribution in [1.82, 2.24) is 4.72 Å². The van der Waals surface area contributed by atoms with Crippen molar-refractivity contribution in [1.29, 1.82) is 0 Å². The lowest BCUT2D eigenvalue weighted by Crippen LogP contribution is -2.37. The molecule has 0 saturated carbocycles. The first-order valence-electron chi connectivity index (χ1n) is 9.47. The second-order valence-electron chi connectivity index (χ2n) is 7.54. The largest absolute Gasteiger partial charge is 0.288 e. The molecule has 2 aliphatic heterocycles. The first kappa shape index (κ1) is 17.9. The van der Waals surface area contributed by atoms with Gasteiger partial charge in [0.25, 0.3) is 15.9 Å². The summed E-state index contributed by atoms with van der Waals surface area (Å²) in [6.07, 6.45) is 3.82. The summed E-state index contributed by atoms with van der Waals surface area (Å²) in [5.41, 5.74) is 3.21. The Morgan fingerprint density at radius 1 is 0.964 bits per heavy atom. The third-order valence-electron chi connectivity index (χ3n) is 5.96. The molecule has 0 radical (unpaired) electrons. The molecule has 1 N–H and O–H groups in total. The Bertz CT molecular complexity index is 1110. The van der Waals surface area contributed by atoms with Crippen LogP contribution in [0, 0.1) is 0 Å². The van der Waals surface area contributed by atoms with Gasteiger partial charge < -0.3 is 0 Å². The number of hydrogen-bond donors (Lipinski definition) is 1. The fourth-order valence-corrected chi connectivity index (χ4v) is 9.07. The monoisotopic (exact) mass is 414 g/mol. The van der Waals surface area contributed by atoms with E-state index >= 15 is 0 Å². The molecule has 1 saturated heterocycles. The highest BCUT2D eigenvalue weighted by Crippen LogP contribution is 2.43. The molecule has 3 atom stereocenters. The zero-order valence-electron chi connectivity index (χ0n) is 15.2. The number of ketones is 1. The first-order valence-corrected chi connectivity index (χ1v) is 12.5. The second kappa shape index (κ2) is 6.46. The van der Waals surface area contributed by atoms with Crippen LogP contribution in [0.25, 0.3) is 0 Å². The standard InChI is InChI=1S/C21H19NO4S2/c23-20-15-5-2-1-4-13(15)7-9-18(20)27-11-3-6-17(27)14-8-10-19-16(12-14)21(24)22-28(19,25)26/h1-2,4-5,8,10,12,17-18H,3,6-7,9,11H2/p+1. The number of amides is 1. The maximum Gasteiger partial charge on any atom is 0.266 e. The fourth-order valence-electron chi connectivity index (χ4n) is 4.66. The van der Waals surface area contributed by atoms with Crippen LogP contribution in [-0.2, 0) is 27.3 Å². The van der Waals surface area contributed by atoms with Crippen LogP contribution in [0.1, 0.15) is 56.4 Å². The predicted molar refractivity (Wildman–Crippen MR) is 108 cm³/mol. The Balaban J connectivity index is 1.48. The van der Waals surface area contributed by atoms with E-state index in [-0.39, 0.29) is 37.6 Å². The normalized spacial score (nSPS) is 27.9. The molecular weight excluding hydrogens is 394 g/mol. The Kier molecular flexibility index (Phi) is 4.14. The number of carbonyl (C=O) groups is 2. The third kappa shape index (κ3) is 2.71. The number of benzene rings is 2. The second-order valence-corrected chi connectivity index (χ2v) is 11.7. The molecule has 1 aliphatic carbocycles. The molecular formula is C21H20NO4S2+. The van der Waals surface area contributed by atoms with Gasteiger partial charge in [0.15, 0.2) is 5.25 Å². The van der Waals surface area contributed by atoms with E-state index in [0.29, 0.717) is 0 Å². The van der Waals surface area contributed by atoms with Gasteiger partial charge in [-0.25, -0.2) is 13.1 Å². The smallest absolute Gasteiger partial charge is 0.266 e. The van der Waals surface area contributed by atoms with Crippen molar-refractivity contribution in [3.8, 4) is 0 Å². The van der Waals surface area contributed by atoms with Crippen molar-refractivity contribution < 1.29 is 18.0 Å². The molecule has 5 nitrogen and oxygen atoms in total. The molecule has 28 heavy (non-hydrogen) atoms. The number of carbonyl (C=O) groups excluding carboxylic acids is 2. The minimum atomic E-state index is -3.72. The lowest BCUT2D eigenvalue weighted by molar-refractivity contribution is 0.0972. The number of hydrogen-bond acceptors (Lipinski definition) is 4. The van der Waals surface area contributed by atoms with Crippen LogP contribution in [0.5, 0.6) is 0 Å². The summed E-state index contributed by atoms with van der Waals surface area (Å²) in [6.45, 7) is 0. The van der Waals surface area contributed by atoms with E-state index in [9.17, 15) is 18.0 Å². The van der Waals surface area contributed by atoms with E-state index in [4.69, 9.17) is 0 Å². The average molecular weight is 415 g/mol. The molecule has 0 spiro atoms. The molecule has 3 aliphatic rings. The highest BCUT2D eigenvalue weighted by Gasteiger charge is 2.48. The van der Waals surface area contributed by atoms with Crippen LogP contribution in [0.4, 0.5) is 0 Å². The molecule has 1 amide bonds. The lowest BCUT2D eigenvalue weighted by atomic mass is 9.90. The van der Waals surface area contributed by atoms with Crippen LogP contribution in [-0.4, -0.2) is 31.1 Å². The number of sulfonamides is 1. The molecule has 144 valence electrons. The highest BCUT2D eigenvalue weighted by atomic mass is 32.2. The summed E-state index contributed by atoms with van der Waals surface area (Å²) < 4.78 is 26.0. The van der Waals surface area contributed by atoms with Crippen molar-refractivity contribution in [3.05, 3.63) is 64.7 Å². The SMILES string of the molecule is O=C1NS(=O)(=O)c2ccc(C3CCC[S+]3C3CCc4ccccc4C3=O)cc21. The molecule has 5 rings (SSSR count). The zero-order chi connectivity index (χ0) is 19.5. The van der Waals surface area contributed by atoms with Crippen LogP contribution in [0.3, 0.4) is 0 Å². The minimum Gasteiger partial charge on any atom is -0.288 e. The zero-order valence-corrected chi connectivity index (χ0v) is 16.8. The van der Waals surface area contributed by atoms with Gasteiger partial charge in [-0.2, -0.15) is 0 Å². The molecule has 2 heterocycles. The maximum atomic E-state index is 13.2. The number of fused-ring (bicyclic) bond motifs is 2. The van der Waals surface area contributed by atoms with Crippen molar-refractivity contribution in [3.63, 3.8) is 0 Å². The van der Waals surface area contributed by atoms with E-state index in [0.717, 1.165) is 48.1 Å². The van der Waals surface area contributed by atoms with Gasteiger partial charge >= 0.3 is 0 Å². The summed E-state index contributed by atoms with van der Waals surface area (Å²) in [5, 5.41) is 0.230. The lowest BCUT2D eigenvalue weighted by Gasteiger charge is -2.25. The van der Waals surface area contributed by atoms with Crippen LogP contribution < -0.4 is 4.72 Å².